The van der Waals surface area contributed by atoms with Crippen molar-refractivity contribution in [3.05, 3.63) is 28.8 Å². The fraction of sp³-hybridized carbons (Fsp3) is 0.619. The van der Waals surface area contributed by atoms with Crippen molar-refractivity contribution in [2.24, 2.45) is 11.3 Å². The van der Waals surface area contributed by atoms with Crippen LogP contribution in [0.25, 0.3) is 11.0 Å². The first-order valence-corrected chi connectivity index (χ1v) is 10.4. The van der Waals surface area contributed by atoms with Crippen LogP contribution in [0.3, 0.4) is 0 Å². The molecule has 4 rings (SSSR count). The van der Waals surface area contributed by atoms with Crippen LogP contribution in [0.2, 0.25) is 5.02 Å². The van der Waals surface area contributed by atoms with Crippen molar-refractivity contribution in [1.29, 1.82) is 0 Å². The summed E-state index contributed by atoms with van der Waals surface area (Å²) in [5.74, 6) is 1.22. The molecule has 1 amide bonds. The highest BCUT2D eigenvalue weighted by Gasteiger charge is 2.52. The molecule has 1 aliphatic carbocycles. The second kappa shape index (κ2) is 6.99. The Kier molecular flexibility index (Phi) is 4.91. The van der Waals surface area contributed by atoms with Crippen molar-refractivity contribution >= 4 is 28.5 Å². The first-order chi connectivity index (χ1) is 13.2. The number of nitrogens with zero attached hydrogens (tertiary/aromatic N) is 2. The molecule has 28 heavy (non-hydrogen) atoms. The van der Waals surface area contributed by atoms with Gasteiger partial charge in [-0.05, 0) is 56.6 Å². The van der Waals surface area contributed by atoms with E-state index in [1.807, 2.05) is 0 Å². The third-order valence-electron chi connectivity index (χ3n) is 6.33. The van der Waals surface area contributed by atoms with Gasteiger partial charge >= 0.3 is 0 Å². The van der Waals surface area contributed by atoms with E-state index in [0.29, 0.717) is 33.9 Å². The normalized spacial score (nSPS) is 19.6. The van der Waals surface area contributed by atoms with Crippen molar-refractivity contribution in [3.63, 3.8) is 0 Å². The van der Waals surface area contributed by atoms with Gasteiger partial charge in [0.25, 0.3) is 0 Å². The van der Waals surface area contributed by atoms with Gasteiger partial charge in [-0.3, -0.25) is 9.69 Å². The molecule has 0 radical (unpaired) electrons. The van der Waals surface area contributed by atoms with Crippen molar-refractivity contribution in [3.8, 4) is 0 Å². The van der Waals surface area contributed by atoms with Gasteiger partial charge in [-0.1, -0.05) is 18.5 Å². The molecular formula is C21H28ClFN4O. The van der Waals surface area contributed by atoms with Crippen LogP contribution in [0.5, 0.6) is 0 Å². The van der Waals surface area contributed by atoms with E-state index in [2.05, 4.69) is 41.0 Å². The molecule has 2 N–H and O–H groups in total. The number of hydrogen-bond acceptors (Lipinski definition) is 3. The molecule has 1 aromatic carbocycles. The van der Waals surface area contributed by atoms with E-state index in [1.165, 1.54) is 12.1 Å². The molecule has 1 aliphatic heterocycles. The predicted molar refractivity (Wildman–Crippen MR) is 109 cm³/mol. The molecule has 2 heterocycles. The second-order valence-electron chi connectivity index (χ2n) is 9.38. The number of likely N-dealkylation sites (tertiary alicyclic amines) is 1. The maximum atomic E-state index is 13.5. The average molecular weight is 407 g/mol. The van der Waals surface area contributed by atoms with E-state index < -0.39 is 0 Å². The summed E-state index contributed by atoms with van der Waals surface area (Å²) in [5.41, 5.74) is 1.54. The van der Waals surface area contributed by atoms with Crippen LogP contribution < -0.4 is 5.32 Å². The van der Waals surface area contributed by atoms with Crippen LogP contribution in [-0.4, -0.2) is 45.9 Å². The lowest BCUT2D eigenvalue weighted by atomic mass is 9.57. The number of H-pyrrole nitrogens is 1. The Morgan fingerprint density at radius 3 is 2.82 bits per heavy atom. The standard InChI is InChI=1S/C21H28ClFN4O/c1-4-20(2,3)26-18(28)10-27-11-21(12-27)8-13(9-21)5-17-24-16-7-14(23)6-15(22)19(16)25-17/h6-7,13H,4-5,8-12H2,1-3H3,(H,24,25)(H,26,28). The molecule has 2 aliphatic rings. The molecule has 1 saturated heterocycles. The van der Waals surface area contributed by atoms with Gasteiger partial charge in [0.2, 0.25) is 5.91 Å². The fourth-order valence-corrected chi connectivity index (χ4v) is 5.00. The first kappa shape index (κ1) is 19.6. The van der Waals surface area contributed by atoms with Gasteiger partial charge < -0.3 is 10.3 Å². The van der Waals surface area contributed by atoms with Gasteiger partial charge in [0.05, 0.1) is 17.1 Å². The Balaban J connectivity index is 1.25. The summed E-state index contributed by atoms with van der Waals surface area (Å²) in [4.78, 5) is 22.2. The van der Waals surface area contributed by atoms with E-state index in [1.54, 1.807) is 0 Å². The minimum absolute atomic E-state index is 0.115. The Morgan fingerprint density at radius 2 is 2.14 bits per heavy atom. The van der Waals surface area contributed by atoms with Gasteiger partial charge in [-0.2, -0.15) is 0 Å². The third kappa shape index (κ3) is 3.90. The Hall–Kier alpha value is -1.66. The molecule has 0 bridgehead atoms. The smallest absolute Gasteiger partial charge is 0.234 e. The van der Waals surface area contributed by atoms with Gasteiger partial charge in [0.1, 0.15) is 17.2 Å². The average Bonchev–Trinajstić information content (AvgIpc) is 2.93. The SMILES string of the molecule is CCC(C)(C)NC(=O)CN1CC2(CC(Cc3nc4c(Cl)cc(F)cc4[nH]3)C2)C1. The largest absolute Gasteiger partial charge is 0.350 e. The zero-order valence-corrected chi connectivity index (χ0v) is 17.5. The Labute approximate surface area is 170 Å². The molecule has 1 spiro atoms. The fourth-order valence-electron chi connectivity index (χ4n) is 4.75. The number of aromatic nitrogens is 2. The van der Waals surface area contributed by atoms with Crippen LogP contribution in [0, 0.1) is 17.2 Å². The maximum Gasteiger partial charge on any atom is 0.234 e. The monoisotopic (exact) mass is 406 g/mol. The maximum absolute atomic E-state index is 13.5. The second-order valence-corrected chi connectivity index (χ2v) is 9.78. The van der Waals surface area contributed by atoms with Crippen LogP contribution in [-0.2, 0) is 11.2 Å². The van der Waals surface area contributed by atoms with E-state index in [9.17, 15) is 9.18 Å². The number of amides is 1. The molecule has 5 nitrogen and oxygen atoms in total. The van der Waals surface area contributed by atoms with Crippen molar-refractivity contribution < 1.29 is 9.18 Å². The number of nitrogens with one attached hydrogen (secondary N) is 2. The number of hydrogen-bond donors (Lipinski definition) is 2. The third-order valence-corrected chi connectivity index (χ3v) is 6.61. The molecule has 152 valence electrons. The van der Waals surface area contributed by atoms with Crippen LogP contribution in [0.4, 0.5) is 4.39 Å². The molecular weight excluding hydrogens is 379 g/mol. The zero-order valence-electron chi connectivity index (χ0n) is 16.7. The zero-order chi connectivity index (χ0) is 20.1. The Bertz CT molecular complexity index is 895. The summed E-state index contributed by atoms with van der Waals surface area (Å²) in [6.07, 6.45) is 4.10. The van der Waals surface area contributed by atoms with Crippen LogP contribution >= 0.6 is 11.6 Å². The van der Waals surface area contributed by atoms with Crippen molar-refractivity contribution in [2.45, 2.75) is 52.0 Å². The van der Waals surface area contributed by atoms with E-state index in [0.717, 1.165) is 44.6 Å². The molecule has 0 unspecified atom stereocenters. The van der Waals surface area contributed by atoms with Crippen molar-refractivity contribution in [2.75, 3.05) is 19.6 Å². The number of rotatable bonds is 6. The highest BCUT2D eigenvalue weighted by atomic mass is 35.5. The number of imidazole rings is 1. The van der Waals surface area contributed by atoms with Gasteiger partial charge in [0.15, 0.2) is 0 Å². The quantitative estimate of drug-likeness (QED) is 0.764. The van der Waals surface area contributed by atoms with E-state index in [-0.39, 0.29) is 17.3 Å². The number of aromatic amines is 1. The lowest BCUT2D eigenvalue weighted by molar-refractivity contribution is -0.133. The predicted octanol–water partition coefficient (Wildman–Crippen LogP) is 3.91. The highest BCUT2D eigenvalue weighted by molar-refractivity contribution is 6.34. The molecule has 0 atom stereocenters. The number of fused-ring (bicyclic) bond motifs is 1. The number of carbonyl (C=O) groups is 1. The first-order valence-electron chi connectivity index (χ1n) is 10.0. The lowest BCUT2D eigenvalue weighted by Crippen LogP contribution is -2.64. The van der Waals surface area contributed by atoms with Crippen LogP contribution in [0.1, 0.15) is 45.9 Å². The number of benzene rings is 1. The van der Waals surface area contributed by atoms with Crippen LogP contribution in [0.15, 0.2) is 12.1 Å². The summed E-state index contributed by atoms with van der Waals surface area (Å²) in [7, 11) is 0. The summed E-state index contributed by atoms with van der Waals surface area (Å²) in [6.45, 7) is 8.68. The minimum Gasteiger partial charge on any atom is -0.350 e. The highest BCUT2D eigenvalue weighted by Crippen LogP contribution is 2.52. The number of halogens is 2. The molecule has 2 fully saturated rings. The summed E-state index contributed by atoms with van der Waals surface area (Å²) >= 11 is 6.08. The molecule has 1 aromatic heterocycles. The molecule has 7 heteroatoms. The minimum atomic E-state index is -0.351. The van der Waals surface area contributed by atoms with E-state index in [4.69, 9.17) is 11.6 Å². The lowest BCUT2D eigenvalue weighted by Gasteiger charge is -2.59. The Morgan fingerprint density at radius 1 is 1.43 bits per heavy atom. The van der Waals surface area contributed by atoms with Gasteiger partial charge in [0, 0.05) is 25.0 Å². The number of carbonyl (C=O) groups excluding carboxylic acids is 1. The van der Waals surface area contributed by atoms with E-state index >= 15 is 0 Å². The summed E-state index contributed by atoms with van der Waals surface area (Å²) in [6, 6.07) is 2.74. The topological polar surface area (TPSA) is 61.0 Å². The summed E-state index contributed by atoms with van der Waals surface area (Å²) in [5, 5.41) is 3.45. The van der Waals surface area contributed by atoms with Gasteiger partial charge in [-0.25, -0.2) is 9.37 Å². The van der Waals surface area contributed by atoms with Gasteiger partial charge in [-0.15, -0.1) is 0 Å². The molecule has 1 saturated carbocycles. The van der Waals surface area contributed by atoms with Crippen molar-refractivity contribution in [1.82, 2.24) is 20.2 Å². The summed E-state index contributed by atoms with van der Waals surface area (Å²) < 4.78 is 13.5. The molecule has 2 aromatic rings.